The first-order chi connectivity index (χ1) is 12.4. The fourth-order valence-corrected chi connectivity index (χ4v) is 3.28. The zero-order valence-corrected chi connectivity index (χ0v) is 14.1. The maximum Gasteiger partial charge on any atom is 0.335 e. The summed E-state index contributed by atoms with van der Waals surface area (Å²) in [6.45, 7) is 1.18. The average molecular weight is 359 g/mol. The first-order valence-corrected chi connectivity index (χ1v) is 8.50. The van der Waals surface area contributed by atoms with E-state index < -0.39 is 17.6 Å². The Labute approximate surface area is 150 Å². The lowest BCUT2D eigenvalue weighted by Gasteiger charge is -2.32. The van der Waals surface area contributed by atoms with E-state index in [0.29, 0.717) is 31.0 Å². The Balaban J connectivity index is 1.56. The smallest absolute Gasteiger partial charge is 0.335 e. The molecule has 1 heterocycles. The van der Waals surface area contributed by atoms with Crippen LogP contribution in [0.5, 0.6) is 0 Å². The lowest BCUT2D eigenvalue weighted by molar-refractivity contribution is 0.0679. The molecule has 0 aliphatic carbocycles. The van der Waals surface area contributed by atoms with Crippen molar-refractivity contribution in [2.75, 3.05) is 13.1 Å². The number of aromatic carboxylic acids is 1. The number of rotatable bonds is 4. The SMILES string of the molecule is O=C(O)c1ccc(C(=O)N2CCC(Cc3ccc(F)c(F)c3)CC2)cc1. The number of carboxylic acids is 1. The maximum absolute atomic E-state index is 13.3. The second kappa shape index (κ2) is 7.64. The number of piperidine rings is 1. The van der Waals surface area contributed by atoms with Gasteiger partial charge in [0.1, 0.15) is 0 Å². The van der Waals surface area contributed by atoms with E-state index in [4.69, 9.17) is 5.11 Å². The van der Waals surface area contributed by atoms with Crippen LogP contribution < -0.4 is 0 Å². The standard InChI is InChI=1S/C20H19F2NO3/c21-17-6-1-14(12-18(17)22)11-13-7-9-23(10-8-13)19(24)15-2-4-16(5-3-15)20(25)26/h1-6,12-13H,7-11H2,(H,25,26). The van der Waals surface area contributed by atoms with Crippen LogP contribution in [0.4, 0.5) is 8.78 Å². The third-order valence-electron chi connectivity index (χ3n) is 4.79. The molecule has 2 aromatic rings. The van der Waals surface area contributed by atoms with Crippen LogP contribution in [0.1, 0.15) is 39.1 Å². The fourth-order valence-electron chi connectivity index (χ4n) is 3.28. The highest BCUT2D eigenvalue weighted by Gasteiger charge is 2.24. The first-order valence-electron chi connectivity index (χ1n) is 8.50. The van der Waals surface area contributed by atoms with E-state index >= 15 is 0 Å². The number of carbonyl (C=O) groups is 2. The van der Waals surface area contributed by atoms with Gasteiger partial charge in [-0.1, -0.05) is 6.07 Å². The van der Waals surface area contributed by atoms with Gasteiger partial charge < -0.3 is 10.0 Å². The summed E-state index contributed by atoms with van der Waals surface area (Å²) in [5.74, 6) is -2.50. The van der Waals surface area contributed by atoms with Gasteiger partial charge in [0.25, 0.3) is 5.91 Å². The van der Waals surface area contributed by atoms with Gasteiger partial charge in [-0.05, 0) is 67.1 Å². The van der Waals surface area contributed by atoms with E-state index in [2.05, 4.69) is 0 Å². The summed E-state index contributed by atoms with van der Waals surface area (Å²) in [6.07, 6.45) is 2.24. The van der Waals surface area contributed by atoms with E-state index in [1.54, 1.807) is 11.0 Å². The quantitative estimate of drug-likeness (QED) is 0.904. The van der Waals surface area contributed by atoms with Crippen LogP contribution in [0.3, 0.4) is 0 Å². The molecule has 2 aromatic carbocycles. The van der Waals surface area contributed by atoms with Crippen LogP contribution in [0.2, 0.25) is 0 Å². The summed E-state index contributed by atoms with van der Waals surface area (Å²) in [5, 5.41) is 8.91. The van der Waals surface area contributed by atoms with Crippen molar-refractivity contribution in [1.82, 2.24) is 4.90 Å². The van der Waals surface area contributed by atoms with Crippen molar-refractivity contribution in [2.24, 2.45) is 5.92 Å². The molecular weight excluding hydrogens is 340 g/mol. The molecule has 4 nitrogen and oxygen atoms in total. The van der Waals surface area contributed by atoms with E-state index in [1.165, 1.54) is 30.3 Å². The molecule has 0 spiro atoms. The van der Waals surface area contributed by atoms with Crippen molar-refractivity contribution in [2.45, 2.75) is 19.3 Å². The molecule has 3 rings (SSSR count). The molecule has 0 atom stereocenters. The van der Waals surface area contributed by atoms with Crippen LogP contribution in [-0.4, -0.2) is 35.0 Å². The molecule has 136 valence electrons. The van der Waals surface area contributed by atoms with E-state index in [-0.39, 0.29) is 11.5 Å². The van der Waals surface area contributed by atoms with Crippen LogP contribution in [-0.2, 0) is 6.42 Å². The predicted molar refractivity (Wildman–Crippen MR) is 92.1 cm³/mol. The van der Waals surface area contributed by atoms with Crippen LogP contribution in [0, 0.1) is 17.6 Å². The summed E-state index contributed by atoms with van der Waals surface area (Å²) in [6, 6.07) is 9.87. The van der Waals surface area contributed by atoms with Gasteiger partial charge in [-0.3, -0.25) is 4.79 Å². The topological polar surface area (TPSA) is 57.6 Å². The minimum absolute atomic E-state index is 0.117. The molecule has 1 aliphatic rings. The molecule has 0 unspecified atom stereocenters. The predicted octanol–water partition coefficient (Wildman–Crippen LogP) is 3.76. The average Bonchev–Trinajstić information content (AvgIpc) is 2.65. The lowest BCUT2D eigenvalue weighted by atomic mass is 9.90. The second-order valence-corrected chi connectivity index (χ2v) is 6.57. The Morgan fingerprint density at radius 2 is 1.58 bits per heavy atom. The Kier molecular flexibility index (Phi) is 5.30. The normalized spacial score (nSPS) is 15.1. The molecule has 26 heavy (non-hydrogen) atoms. The van der Waals surface area contributed by atoms with Gasteiger partial charge >= 0.3 is 5.97 Å². The Morgan fingerprint density at radius 1 is 0.962 bits per heavy atom. The van der Waals surface area contributed by atoms with E-state index in [1.807, 2.05) is 0 Å². The molecule has 1 aliphatic heterocycles. The lowest BCUT2D eigenvalue weighted by Crippen LogP contribution is -2.38. The monoisotopic (exact) mass is 359 g/mol. The highest BCUT2D eigenvalue weighted by atomic mass is 19.2. The van der Waals surface area contributed by atoms with Gasteiger partial charge in [0, 0.05) is 18.7 Å². The molecule has 1 N–H and O–H groups in total. The number of hydrogen-bond acceptors (Lipinski definition) is 2. The van der Waals surface area contributed by atoms with Gasteiger partial charge in [0.15, 0.2) is 11.6 Å². The highest BCUT2D eigenvalue weighted by molar-refractivity contribution is 5.95. The molecule has 1 saturated heterocycles. The van der Waals surface area contributed by atoms with Crippen LogP contribution >= 0.6 is 0 Å². The fraction of sp³-hybridized carbons (Fsp3) is 0.300. The summed E-state index contributed by atoms with van der Waals surface area (Å²) >= 11 is 0. The molecule has 0 saturated carbocycles. The minimum atomic E-state index is -1.03. The van der Waals surface area contributed by atoms with E-state index in [0.717, 1.165) is 24.5 Å². The Morgan fingerprint density at radius 3 is 2.15 bits per heavy atom. The van der Waals surface area contributed by atoms with Crippen LogP contribution in [0.25, 0.3) is 0 Å². The van der Waals surface area contributed by atoms with E-state index in [9.17, 15) is 18.4 Å². The summed E-state index contributed by atoms with van der Waals surface area (Å²) < 4.78 is 26.3. The summed E-state index contributed by atoms with van der Waals surface area (Å²) in [4.78, 5) is 25.1. The number of benzene rings is 2. The third kappa shape index (κ3) is 4.07. The highest BCUT2D eigenvalue weighted by Crippen LogP contribution is 2.23. The van der Waals surface area contributed by atoms with Crippen molar-refractivity contribution in [3.63, 3.8) is 0 Å². The largest absolute Gasteiger partial charge is 0.478 e. The van der Waals surface area contributed by atoms with Crippen LogP contribution in [0.15, 0.2) is 42.5 Å². The van der Waals surface area contributed by atoms with Crippen molar-refractivity contribution in [3.05, 3.63) is 70.8 Å². The summed E-state index contributed by atoms with van der Waals surface area (Å²) in [5.41, 5.74) is 1.37. The number of halogens is 2. The number of likely N-dealkylation sites (tertiary alicyclic amines) is 1. The van der Waals surface area contributed by atoms with Gasteiger partial charge in [-0.2, -0.15) is 0 Å². The number of hydrogen-bond donors (Lipinski definition) is 1. The molecule has 0 radical (unpaired) electrons. The Bertz CT molecular complexity index is 812. The van der Waals surface area contributed by atoms with Gasteiger partial charge in [-0.15, -0.1) is 0 Å². The van der Waals surface area contributed by atoms with Gasteiger partial charge in [-0.25, -0.2) is 13.6 Å². The number of carboxylic acid groups (broad SMARTS) is 1. The number of carbonyl (C=O) groups excluding carboxylic acids is 1. The number of nitrogens with zero attached hydrogens (tertiary/aromatic N) is 1. The molecule has 0 aromatic heterocycles. The van der Waals surface area contributed by atoms with Crippen molar-refractivity contribution >= 4 is 11.9 Å². The summed E-state index contributed by atoms with van der Waals surface area (Å²) in [7, 11) is 0. The molecule has 1 amide bonds. The molecular formula is C20H19F2NO3. The molecule has 0 bridgehead atoms. The van der Waals surface area contributed by atoms with Crippen molar-refractivity contribution < 1.29 is 23.5 Å². The van der Waals surface area contributed by atoms with Gasteiger partial charge in [0.05, 0.1) is 5.56 Å². The second-order valence-electron chi connectivity index (χ2n) is 6.57. The molecule has 1 fully saturated rings. The minimum Gasteiger partial charge on any atom is -0.478 e. The first kappa shape index (κ1) is 18.0. The molecule has 6 heteroatoms. The van der Waals surface area contributed by atoms with Crippen molar-refractivity contribution in [1.29, 1.82) is 0 Å². The zero-order valence-electron chi connectivity index (χ0n) is 14.1. The van der Waals surface area contributed by atoms with Crippen molar-refractivity contribution in [3.8, 4) is 0 Å². The Hall–Kier alpha value is -2.76. The number of amides is 1. The maximum atomic E-state index is 13.3. The van der Waals surface area contributed by atoms with Gasteiger partial charge in [0.2, 0.25) is 0 Å². The zero-order chi connectivity index (χ0) is 18.7. The third-order valence-corrected chi connectivity index (χ3v) is 4.79.